The monoisotopic (exact) mass is 400 g/mol. The lowest BCUT2D eigenvalue weighted by Crippen LogP contribution is -2.36. The Bertz CT molecular complexity index is 1160. The molecule has 1 fully saturated rings. The summed E-state index contributed by atoms with van der Waals surface area (Å²) in [4.78, 5) is 28.2. The predicted molar refractivity (Wildman–Crippen MR) is 115 cm³/mol. The molecule has 0 saturated carbocycles. The van der Waals surface area contributed by atoms with Gasteiger partial charge in [-0.05, 0) is 56.1 Å². The van der Waals surface area contributed by atoms with E-state index in [9.17, 15) is 4.79 Å². The van der Waals surface area contributed by atoms with Gasteiger partial charge in [-0.25, -0.2) is 9.97 Å². The second kappa shape index (κ2) is 8.20. The van der Waals surface area contributed by atoms with Gasteiger partial charge < -0.3 is 4.40 Å². The van der Waals surface area contributed by atoms with Crippen molar-refractivity contribution in [1.29, 1.82) is 0 Å². The Morgan fingerprint density at radius 3 is 2.67 bits per heavy atom. The van der Waals surface area contributed by atoms with Crippen molar-refractivity contribution in [3.05, 3.63) is 83.6 Å². The first-order valence-electron chi connectivity index (χ1n) is 10.4. The van der Waals surface area contributed by atoms with Gasteiger partial charge in [0.05, 0.1) is 17.7 Å². The van der Waals surface area contributed by atoms with Crippen molar-refractivity contribution in [2.24, 2.45) is 5.92 Å². The second-order valence-corrected chi connectivity index (χ2v) is 7.92. The van der Waals surface area contributed by atoms with Crippen LogP contribution in [-0.2, 0) is 13.1 Å². The van der Waals surface area contributed by atoms with E-state index in [0.717, 1.165) is 55.9 Å². The van der Waals surface area contributed by atoms with E-state index in [4.69, 9.17) is 4.98 Å². The molecule has 0 atom stereocenters. The van der Waals surface area contributed by atoms with Crippen molar-refractivity contribution < 1.29 is 0 Å². The zero-order valence-electron chi connectivity index (χ0n) is 16.8. The van der Waals surface area contributed by atoms with E-state index in [1.807, 2.05) is 36.5 Å². The Hall–Kier alpha value is -3.32. The number of aromatic nitrogens is 5. The molecule has 0 bridgehead atoms. The molecule has 0 N–H and O–H groups in total. The molecule has 1 aliphatic heterocycles. The maximum absolute atomic E-state index is 12.6. The molecule has 1 saturated heterocycles. The summed E-state index contributed by atoms with van der Waals surface area (Å²) in [7, 11) is 0. The quantitative estimate of drug-likeness (QED) is 0.515. The number of hydrogen-bond acceptors (Lipinski definition) is 5. The van der Waals surface area contributed by atoms with Crippen LogP contribution in [0.15, 0.2) is 72.3 Å². The van der Waals surface area contributed by atoms with Gasteiger partial charge in [0.25, 0.3) is 5.56 Å². The summed E-state index contributed by atoms with van der Waals surface area (Å²) in [6.45, 7) is 3.65. The van der Waals surface area contributed by atoms with E-state index < -0.39 is 0 Å². The summed E-state index contributed by atoms with van der Waals surface area (Å²) in [6.07, 6.45) is 11.4. The summed E-state index contributed by atoms with van der Waals surface area (Å²) in [5, 5.41) is 0. The minimum Gasteiger partial charge on any atom is -0.307 e. The Morgan fingerprint density at radius 2 is 1.90 bits per heavy atom. The second-order valence-electron chi connectivity index (χ2n) is 7.92. The molecule has 4 aromatic rings. The molecule has 4 aromatic heterocycles. The van der Waals surface area contributed by atoms with Crippen LogP contribution in [0.5, 0.6) is 0 Å². The normalized spacial score (nSPS) is 15.6. The highest BCUT2D eigenvalue weighted by molar-refractivity contribution is 5.57. The first-order chi connectivity index (χ1) is 14.7. The maximum atomic E-state index is 12.6. The molecule has 0 aromatic carbocycles. The molecule has 152 valence electrons. The van der Waals surface area contributed by atoms with Gasteiger partial charge in [-0.2, -0.15) is 0 Å². The molecule has 5 rings (SSSR count). The molecule has 0 spiro atoms. The molecule has 5 heterocycles. The molecular formula is C23H24N6O. The number of pyridine rings is 2. The van der Waals surface area contributed by atoms with Crippen LogP contribution in [0, 0.1) is 5.92 Å². The topological polar surface area (TPSA) is 68.3 Å². The Morgan fingerprint density at radius 1 is 1.07 bits per heavy atom. The molecule has 0 aliphatic carbocycles. The van der Waals surface area contributed by atoms with Gasteiger partial charge in [0, 0.05) is 49.5 Å². The van der Waals surface area contributed by atoms with E-state index in [-0.39, 0.29) is 5.56 Å². The number of nitrogens with zero attached hydrogens (tertiary/aromatic N) is 6. The number of hydrogen-bond donors (Lipinski definition) is 0. The van der Waals surface area contributed by atoms with E-state index >= 15 is 0 Å². The predicted octanol–water partition coefficient (Wildman–Crippen LogP) is 2.87. The third-order valence-corrected chi connectivity index (χ3v) is 5.82. The summed E-state index contributed by atoms with van der Waals surface area (Å²) >= 11 is 0. The van der Waals surface area contributed by atoms with Crippen molar-refractivity contribution in [3.63, 3.8) is 0 Å². The van der Waals surface area contributed by atoms with Gasteiger partial charge in [0.15, 0.2) is 0 Å². The highest BCUT2D eigenvalue weighted by atomic mass is 16.1. The fourth-order valence-corrected chi connectivity index (χ4v) is 4.14. The van der Waals surface area contributed by atoms with Crippen LogP contribution in [0.25, 0.3) is 16.9 Å². The van der Waals surface area contributed by atoms with Crippen molar-refractivity contribution in [2.45, 2.75) is 25.9 Å². The first kappa shape index (κ1) is 18.7. The zero-order valence-corrected chi connectivity index (χ0v) is 16.8. The summed E-state index contributed by atoms with van der Waals surface area (Å²) in [6, 6.07) is 11.4. The van der Waals surface area contributed by atoms with Gasteiger partial charge in [-0.1, -0.05) is 6.07 Å². The van der Waals surface area contributed by atoms with E-state index in [2.05, 4.69) is 25.5 Å². The Kier molecular flexibility index (Phi) is 5.11. The average molecular weight is 400 g/mol. The first-order valence-corrected chi connectivity index (χ1v) is 10.4. The van der Waals surface area contributed by atoms with Gasteiger partial charge in [0.2, 0.25) is 0 Å². The summed E-state index contributed by atoms with van der Waals surface area (Å²) < 4.78 is 3.81. The van der Waals surface area contributed by atoms with Gasteiger partial charge in [-0.3, -0.25) is 19.2 Å². The number of fused-ring (bicyclic) bond motifs is 1. The minimum atomic E-state index is 0.00365. The molecule has 7 nitrogen and oxygen atoms in total. The van der Waals surface area contributed by atoms with Gasteiger partial charge in [0.1, 0.15) is 5.65 Å². The van der Waals surface area contributed by atoms with Gasteiger partial charge >= 0.3 is 0 Å². The maximum Gasteiger partial charge on any atom is 0.253 e. The summed E-state index contributed by atoms with van der Waals surface area (Å²) in [5.41, 5.74) is 3.70. The zero-order chi connectivity index (χ0) is 20.3. The van der Waals surface area contributed by atoms with E-state index in [0.29, 0.717) is 11.6 Å². The van der Waals surface area contributed by atoms with Crippen LogP contribution in [0.1, 0.15) is 18.5 Å². The lowest BCUT2D eigenvalue weighted by Gasteiger charge is -2.31. The third-order valence-electron chi connectivity index (χ3n) is 5.82. The molecular weight excluding hydrogens is 376 g/mol. The lowest BCUT2D eigenvalue weighted by atomic mass is 9.96. The molecule has 7 heteroatoms. The van der Waals surface area contributed by atoms with Gasteiger partial charge in [-0.15, -0.1) is 0 Å². The Balaban J connectivity index is 1.18. The molecule has 0 radical (unpaired) electrons. The largest absolute Gasteiger partial charge is 0.307 e. The molecule has 1 aliphatic rings. The van der Waals surface area contributed by atoms with E-state index in [1.54, 1.807) is 29.4 Å². The van der Waals surface area contributed by atoms with Crippen molar-refractivity contribution >= 4 is 5.65 Å². The van der Waals surface area contributed by atoms with Crippen molar-refractivity contribution in [3.8, 4) is 11.3 Å². The highest BCUT2D eigenvalue weighted by Crippen LogP contribution is 2.21. The van der Waals surface area contributed by atoms with E-state index in [1.165, 1.54) is 0 Å². The standard InChI is InChI=1S/C23H24N6O/c30-23-13-21(19-4-8-24-9-5-19)25-17-29(23)14-18-6-11-27(12-7-18)15-20-16-28-10-2-1-3-22(28)26-20/h1-5,8-10,13,16-18H,6-7,11-12,14-15H2. The van der Waals surface area contributed by atoms with Crippen LogP contribution in [0.2, 0.25) is 0 Å². The number of imidazole rings is 1. The summed E-state index contributed by atoms with van der Waals surface area (Å²) in [5.74, 6) is 0.494. The van der Waals surface area contributed by atoms with Crippen LogP contribution in [0.4, 0.5) is 0 Å². The number of piperidine rings is 1. The fourth-order valence-electron chi connectivity index (χ4n) is 4.14. The number of rotatable bonds is 5. The van der Waals surface area contributed by atoms with Crippen LogP contribution in [0.3, 0.4) is 0 Å². The van der Waals surface area contributed by atoms with Crippen LogP contribution in [-0.4, -0.2) is 41.9 Å². The fraction of sp³-hybridized carbons (Fsp3) is 0.304. The number of likely N-dealkylation sites (tertiary alicyclic amines) is 1. The lowest BCUT2D eigenvalue weighted by molar-refractivity contribution is 0.165. The molecule has 30 heavy (non-hydrogen) atoms. The van der Waals surface area contributed by atoms with Crippen molar-refractivity contribution in [1.82, 2.24) is 28.8 Å². The SMILES string of the molecule is O=c1cc(-c2ccncc2)ncn1CC1CCN(Cc2cn3ccccc3n2)CC1. The van der Waals surface area contributed by atoms with Crippen LogP contribution >= 0.6 is 0 Å². The third kappa shape index (κ3) is 4.02. The molecule has 0 unspecified atom stereocenters. The smallest absolute Gasteiger partial charge is 0.253 e. The van der Waals surface area contributed by atoms with Crippen LogP contribution < -0.4 is 5.56 Å². The minimum absolute atomic E-state index is 0.00365. The highest BCUT2D eigenvalue weighted by Gasteiger charge is 2.21. The molecule has 0 amide bonds. The van der Waals surface area contributed by atoms with Crippen molar-refractivity contribution in [2.75, 3.05) is 13.1 Å². The Labute approximate surface area is 174 Å². The average Bonchev–Trinajstić information content (AvgIpc) is 3.19.